The average Bonchev–Trinajstić information content (AvgIpc) is 3.10. The summed E-state index contributed by atoms with van der Waals surface area (Å²) in [5.74, 6) is -0.290. The SMILES string of the molecule is C=CCc1cc(/C=c2/sc3n(c2=O)[C@@H](c2ccccc2)C(C(=O)OCC)=C(C)N=3)ccc1O. The van der Waals surface area contributed by atoms with Crippen LogP contribution in [0.1, 0.15) is 36.6 Å². The maximum atomic E-state index is 13.6. The number of carbonyl (C=O) groups excluding carboxylic acids is 1. The first-order chi connectivity index (χ1) is 15.9. The molecule has 0 bridgehead atoms. The molecule has 1 atom stereocenters. The standard InChI is InChI=1S/C26H24N2O4S/c1-4-9-19-14-17(12-13-20(19)29)15-21-24(30)28-23(18-10-7-6-8-11-18)22(25(31)32-5-2)16(3)27-26(28)33-21/h4,6-8,10-15,23,29H,1,5,9H2,2-3H3/b21-15+/t23-/m0/s1. The lowest BCUT2D eigenvalue weighted by atomic mass is 9.96. The third kappa shape index (κ3) is 4.32. The number of thiazole rings is 1. The van der Waals surface area contributed by atoms with Gasteiger partial charge in [0.25, 0.3) is 5.56 Å². The van der Waals surface area contributed by atoms with Gasteiger partial charge in [0.15, 0.2) is 4.80 Å². The number of fused-ring (bicyclic) bond motifs is 1. The molecule has 2 aromatic carbocycles. The molecule has 1 aliphatic heterocycles. The first-order valence-corrected chi connectivity index (χ1v) is 11.4. The number of ether oxygens (including phenoxy) is 1. The molecule has 0 saturated carbocycles. The van der Waals surface area contributed by atoms with Crippen LogP contribution in [0, 0.1) is 0 Å². The lowest BCUT2D eigenvalue weighted by Crippen LogP contribution is -2.39. The minimum absolute atomic E-state index is 0.187. The second-order valence-electron chi connectivity index (χ2n) is 7.59. The summed E-state index contributed by atoms with van der Waals surface area (Å²) < 4.78 is 7.35. The van der Waals surface area contributed by atoms with Gasteiger partial charge in [-0.15, -0.1) is 6.58 Å². The van der Waals surface area contributed by atoms with Crippen LogP contribution in [0.2, 0.25) is 0 Å². The quantitative estimate of drug-likeness (QED) is 0.452. The van der Waals surface area contributed by atoms with Crippen LogP contribution in [0.15, 0.2) is 82.2 Å². The highest BCUT2D eigenvalue weighted by Crippen LogP contribution is 2.30. The molecule has 2 heterocycles. The van der Waals surface area contributed by atoms with Crippen molar-refractivity contribution in [2.24, 2.45) is 4.99 Å². The lowest BCUT2D eigenvalue weighted by Gasteiger charge is -2.24. The first-order valence-electron chi connectivity index (χ1n) is 10.6. The van der Waals surface area contributed by atoms with Crippen molar-refractivity contribution in [1.82, 2.24) is 4.57 Å². The van der Waals surface area contributed by atoms with E-state index >= 15 is 0 Å². The van der Waals surface area contributed by atoms with Crippen molar-refractivity contribution in [3.05, 3.63) is 109 Å². The van der Waals surface area contributed by atoms with Gasteiger partial charge in [0.1, 0.15) is 5.75 Å². The molecule has 0 saturated heterocycles. The molecule has 3 aromatic rings. The van der Waals surface area contributed by atoms with Crippen LogP contribution in [-0.4, -0.2) is 22.2 Å². The molecule has 1 aliphatic rings. The fourth-order valence-electron chi connectivity index (χ4n) is 3.91. The number of allylic oxidation sites excluding steroid dienone is 2. The predicted molar refractivity (Wildman–Crippen MR) is 129 cm³/mol. The Morgan fingerprint density at radius 1 is 1.27 bits per heavy atom. The molecule has 4 rings (SSSR count). The molecule has 0 aliphatic carbocycles. The number of esters is 1. The van der Waals surface area contributed by atoms with Gasteiger partial charge < -0.3 is 9.84 Å². The Balaban J connectivity index is 1.92. The third-order valence-electron chi connectivity index (χ3n) is 5.40. The van der Waals surface area contributed by atoms with Gasteiger partial charge in [-0.05, 0) is 55.2 Å². The number of phenols is 1. The number of carbonyl (C=O) groups is 1. The predicted octanol–water partition coefficient (Wildman–Crippen LogP) is 3.23. The highest BCUT2D eigenvalue weighted by Gasteiger charge is 2.33. The smallest absolute Gasteiger partial charge is 0.338 e. The summed E-state index contributed by atoms with van der Waals surface area (Å²) >= 11 is 1.27. The van der Waals surface area contributed by atoms with E-state index < -0.39 is 12.0 Å². The molecular weight excluding hydrogens is 436 g/mol. The molecule has 6 nitrogen and oxygen atoms in total. The van der Waals surface area contributed by atoms with Crippen molar-refractivity contribution < 1.29 is 14.6 Å². The second-order valence-corrected chi connectivity index (χ2v) is 8.60. The molecule has 0 spiro atoms. The zero-order valence-corrected chi connectivity index (χ0v) is 19.3. The molecule has 0 radical (unpaired) electrons. The summed E-state index contributed by atoms with van der Waals surface area (Å²) in [6.07, 6.45) is 4.01. The zero-order chi connectivity index (χ0) is 23.5. The van der Waals surface area contributed by atoms with Gasteiger partial charge in [0.05, 0.1) is 28.5 Å². The lowest BCUT2D eigenvalue weighted by molar-refractivity contribution is -0.139. The van der Waals surface area contributed by atoms with Crippen LogP contribution in [0.5, 0.6) is 5.75 Å². The molecular formula is C26H24N2O4S. The Hall–Kier alpha value is -3.71. The van der Waals surface area contributed by atoms with Crippen molar-refractivity contribution in [3.63, 3.8) is 0 Å². The van der Waals surface area contributed by atoms with Crippen molar-refractivity contribution >= 4 is 23.4 Å². The van der Waals surface area contributed by atoms with E-state index in [2.05, 4.69) is 11.6 Å². The van der Waals surface area contributed by atoms with Gasteiger partial charge in [-0.25, -0.2) is 9.79 Å². The zero-order valence-electron chi connectivity index (χ0n) is 18.4. The van der Waals surface area contributed by atoms with Gasteiger partial charge in [-0.3, -0.25) is 9.36 Å². The van der Waals surface area contributed by atoms with E-state index in [0.29, 0.717) is 27.0 Å². The summed E-state index contributed by atoms with van der Waals surface area (Å²) in [5, 5.41) is 10.0. The maximum Gasteiger partial charge on any atom is 0.338 e. The fourth-order valence-corrected chi connectivity index (χ4v) is 4.95. The van der Waals surface area contributed by atoms with Crippen LogP contribution in [-0.2, 0) is 16.0 Å². The minimum atomic E-state index is -0.625. The van der Waals surface area contributed by atoms with Gasteiger partial charge in [-0.2, -0.15) is 0 Å². The van der Waals surface area contributed by atoms with Crippen LogP contribution in [0.4, 0.5) is 0 Å². The summed E-state index contributed by atoms with van der Waals surface area (Å²) in [6, 6.07) is 14.0. The molecule has 0 amide bonds. The minimum Gasteiger partial charge on any atom is -0.508 e. The van der Waals surface area contributed by atoms with Crippen molar-refractivity contribution in [2.75, 3.05) is 6.61 Å². The van der Waals surface area contributed by atoms with Gasteiger partial charge in [0.2, 0.25) is 0 Å². The van der Waals surface area contributed by atoms with E-state index in [-0.39, 0.29) is 17.9 Å². The van der Waals surface area contributed by atoms with E-state index in [1.54, 1.807) is 42.7 Å². The number of aromatic hydroxyl groups is 1. The Kier molecular flexibility index (Phi) is 6.42. The molecule has 0 unspecified atom stereocenters. The number of hydrogen-bond donors (Lipinski definition) is 1. The number of rotatable bonds is 6. The second kappa shape index (κ2) is 9.42. The van der Waals surface area contributed by atoms with Gasteiger partial charge >= 0.3 is 5.97 Å². The summed E-state index contributed by atoms with van der Waals surface area (Å²) in [6.45, 7) is 7.47. The molecule has 168 valence electrons. The Morgan fingerprint density at radius 2 is 2.03 bits per heavy atom. The third-order valence-corrected chi connectivity index (χ3v) is 6.38. The first kappa shape index (κ1) is 22.5. The highest BCUT2D eigenvalue weighted by atomic mass is 32.1. The molecule has 1 N–H and O–H groups in total. The highest BCUT2D eigenvalue weighted by molar-refractivity contribution is 7.07. The Labute approximate surface area is 195 Å². The average molecular weight is 461 g/mol. The van der Waals surface area contributed by atoms with Crippen LogP contribution >= 0.6 is 11.3 Å². The van der Waals surface area contributed by atoms with Gasteiger partial charge in [-0.1, -0.05) is 53.8 Å². The van der Waals surface area contributed by atoms with E-state index in [1.807, 2.05) is 36.4 Å². The normalized spacial score (nSPS) is 15.7. The van der Waals surface area contributed by atoms with E-state index in [1.165, 1.54) is 11.3 Å². The molecule has 1 aromatic heterocycles. The number of nitrogens with zero attached hydrogens (tertiary/aromatic N) is 2. The van der Waals surface area contributed by atoms with Crippen LogP contribution in [0.3, 0.4) is 0 Å². The van der Waals surface area contributed by atoms with Crippen molar-refractivity contribution in [2.45, 2.75) is 26.3 Å². The fraction of sp³-hybridized carbons (Fsp3) is 0.192. The monoisotopic (exact) mass is 460 g/mol. The van der Waals surface area contributed by atoms with E-state index in [4.69, 9.17) is 4.74 Å². The van der Waals surface area contributed by atoms with Crippen molar-refractivity contribution in [3.8, 4) is 5.75 Å². The van der Waals surface area contributed by atoms with Gasteiger partial charge in [0, 0.05) is 0 Å². The molecule has 0 fully saturated rings. The molecule has 7 heteroatoms. The maximum absolute atomic E-state index is 13.6. The molecule has 33 heavy (non-hydrogen) atoms. The summed E-state index contributed by atoms with van der Waals surface area (Å²) in [7, 11) is 0. The summed E-state index contributed by atoms with van der Waals surface area (Å²) in [5.41, 5.74) is 2.98. The largest absolute Gasteiger partial charge is 0.508 e. The Bertz CT molecular complexity index is 1430. The number of phenolic OH excluding ortho intramolecular Hbond substituents is 1. The van der Waals surface area contributed by atoms with Crippen LogP contribution in [0.25, 0.3) is 6.08 Å². The van der Waals surface area contributed by atoms with Crippen molar-refractivity contribution in [1.29, 1.82) is 0 Å². The van der Waals surface area contributed by atoms with E-state index in [0.717, 1.165) is 16.7 Å². The number of benzene rings is 2. The van der Waals surface area contributed by atoms with Crippen LogP contribution < -0.4 is 14.9 Å². The topological polar surface area (TPSA) is 80.9 Å². The van der Waals surface area contributed by atoms with E-state index in [9.17, 15) is 14.7 Å². The Morgan fingerprint density at radius 3 is 2.73 bits per heavy atom. The summed E-state index contributed by atoms with van der Waals surface area (Å²) in [4.78, 5) is 31.5. The number of aromatic nitrogens is 1. The number of hydrogen-bond acceptors (Lipinski definition) is 6.